The van der Waals surface area contributed by atoms with Crippen molar-refractivity contribution in [2.24, 2.45) is 0 Å². The summed E-state index contributed by atoms with van der Waals surface area (Å²) in [6.45, 7) is 14.0. The Bertz CT molecular complexity index is 2750. The third kappa shape index (κ3) is 4.59. The first-order chi connectivity index (χ1) is 26.1. The van der Waals surface area contributed by atoms with E-state index in [-0.39, 0.29) is 10.8 Å². The molecule has 0 saturated heterocycles. The first-order valence-electron chi connectivity index (χ1n) is 19.2. The average molecular weight is 697 g/mol. The van der Waals surface area contributed by atoms with Crippen LogP contribution >= 0.6 is 0 Å². The van der Waals surface area contributed by atoms with Crippen molar-refractivity contribution in [1.29, 1.82) is 0 Å². The highest BCUT2D eigenvalue weighted by atomic mass is 15.2. The number of hydrogen-bond donors (Lipinski definition) is 0. The Kier molecular flexibility index (Phi) is 7.04. The van der Waals surface area contributed by atoms with Crippen molar-refractivity contribution in [2.75, 3.05) is 9.80 Å². The summed E-state index contributed by atoms with van der Waals surface area (Å²) in [6.07, 6.45) is 0. The van der Waals surface area contributed by atoms with E-state index in [1.54, 1.807) is 0 Å². The zero-order chi connectivity index (χ0) is 36.9. The lowest BCUT2D eigenvalue weighted by atomic mass is 9.71. The SMILES string of the molecule is Cc1ccc2c(N3c4ccccc4C(C)(C)c4cc5c(cc43)C(C)(C)c3ccccc3-5)c3cc(C)ccc3c(N(c3ccccc3)c3ccccc3)c2c1. The summed E-state index contributed by atoms with van der Waals surface area (Å²) >= 11 is 0. The van der Waals surface area contributed by atoms with Crippen molar-refractivity contribution in [2.45, 2.75) is 52.4 Å². The van der Waals surface area contributed by atoms with E-state index in [2.05, 4.69) is 209 Å². The van der Waals surface area contributed by atoms with E-state index < -0.39 is 0 Å². The van der Waals surface area contributed by atoms with Crippen molar-refractivity contribution < 1.29 is 0 Å². The summed E-state index contributed by atoms with van der Waals surface area (Å²) in [6, 6.07) is 58.9. The standard InChI is InChI=1S/C52H44N2/c1-33-26-28-39-41(29-33)49(53(35-17-9-7-10-18-35)36-19-11-8-12-20-36)38-27-25-34(2)30-42(38)50(39)54-47-24-16-15-23-44(47)52(5,6)46-31-40-37-21-13-14-22-43(37)51(3,4)45(40)32-48(46)54/h7-32H,1-6H3. The minimum absolute atomic E-state index is 0.124. The molecule has 0 saturated carbocycles. The van der Waals surface area contributed by atoms with E-state index in [4.69, 9.17) is 0 Å². The highest BCUT2D eigenvalue weighted by Gasteiger charge is 2.43. The molecule has 54 heavy (non-hydrogen) atoms. The van der Waals surface area contributed by atoms with Crippen molar-refractivity contribution in [3.05, 3.63) is 191 Å². The minimum Gasteiger partial charge on any atom is -0.309 e. The Balaban J connectivity index is 1.36. The third-order valence-electron chi connectivity index (χ3n) is 12.3. The van der Waals surface area contributed by atoms with E-state index >= 15 is 0 Å². The van der Waals surface area contributed by atoms with Gasteiger partial charge in [0.1, 0.15) is 0 Å². The Morgan fingerprint density at radius 2 is 0.963 bits per heavy atom. The third-order valence-corrected chi connectivity index (χ3v) is 12.3. The van der Waals surface area contributed by atoms with Crippen LogP contribution in [0, 0.1) is 13.8 Å². The highest BCUT2D eigenvalue weighted by Crippen LogP contribution is 2.60. The van der Waals surface area contributed by atoms with Gasteiger partial charge in [0.25, 0.3) is 0 Å². The number of rotatable bonds is 4. The Morgan fingerprint density at radius 3 is 1.65 bits per heavy atom. The van der Waals surface area contributed by atoms with Gasteiger partial charge in [-0.3, -0.25) is 0 Å². The zero-order valence-corrected chi connectivity index (χ0v) is 31.9. The molecule has 1 heterocycles. The Labute approximate surface area is 319 Å². The number of fused-ring (bicyclic) bond motifs is 7. The molecular formula is C52H44N2. The highest BCUT2D eigenvalue weighted by molar-refractivity contribution is 6.24. The number of anilines is 6. The van der Waals surface area contributed by atoms with E-state index in [1.165, 1.54) is 88.8 Å². The first-order valence-corrected chi connectivity index (χ1v) is 19.2. The van der Waals surface area contributed by atoms with E-state index in [1.807, 2.05) is 0 Å². The fraction of sp³-hybridized carbons (Fsp3) is 0.154. The van der Waals surface area contributed by atoms with Gasteiger partial charge in [-0.15, -0.1) is 0 Å². The number of nitrogens with zero attached hydrogens (tertiary/aromatic N) is 2. The average Bonchev–Trinajstić information content (AvgIpc) is 3.41. The molecule has 1 aliphatic heterocycles. The lowest BCUT2D eigenvalue weighted by Gasteiger charge is -2.44. The van der Waals surface area contributed by atoms with E-state index in [0.29, 0.717) is 0 Å². The van der Waals surface area contributed by atoms with Gasteiger partial charge in [-0.25, -0.2) is 0 Å². The molecule has 262 valence electrons. The molecule has 0 unspecified atom stereocenters. The normalized spacial score (nSPS) is 14.7. The summed E-state index contributed by atoms with van der Waals surface area (Å²) in [5.41, 5.74) is 17.5. The molecule has 10 rings (SSSR count). The minimum atomic E-state index is -0.214. The fourth-order valence-electron chi connectivity index (χ4n) is 9.59. The maximum atomic E-state index is 2.62. The van der Waals surface area contributed by atoms with Crippen molar-refractivity contribution in [3.63, 3.8) is 0 Å². The van der Waals surface area contributed by atoms with Gasteiger partial charge in [0.15, 0.2) is 0 Å². The van der Waals surface area contributed by atoms with Gasteiger partial charge < -0.3 is 9.80 Å². The van der Waals surface area contributed by atoms with Gasteiger partial charge >= 0.3 is 0 Å². The van der Waals surface area contributed by atoms with Crippen LogP contribution in [0.3, 0.4) is 0 Å². The number of hydrogen-bond acceptors (Lipinski definition) is 2. The largest absolute Gasteiger partial charge is 0.309 e. The van der Waals surface area contributed by atoms with Crippen LogP contribution in [-0.2, 0) is 10.8 Å². The Hall–Kier alpha value is -6.12. The molecule has 0 atom stereocenters. The molecule has 0 N–H and O–H groups in total. The van der Waals surface area contributed by atoms with Crippen LogP contribution in [0.25, 0.3) is 32.7 Å². The summed E-state index contributed by atoms with van der Waals surface area (Å²) in [4.78, 5) is 5.07. The van der Waals surface area contributed by atoms with Crippen molar-refractivity contribution in [3.8, 4) is 11.1 Å². The lowest BCUT2D eigenvalue weighted by Crippen LogP contribution is -2.31. The quantitative estimate of drug-likeness (QED) is 0.169. The van der Waals surface area contributed by atoms with Crippen LogP contribution in [0.4, 0.5) is 34.1 Å². The lowest BCUT2D eigenvalue weighted by molar-refractivity contribution is 0.627. The molecule has 0 fully saturated rings. The van der Waals surface area contributed by atoms with Gasteiger partial charge in [-0.05, 0) is 102 Å². The topological polar surface area (TPSA) is 6.48 Å². The van der Waals surface area contributed by atoms with Crippen LogP contribution in [0.2, 0.25) is 0 Å². The van der Waals surface area contributed by atoms with Crippen molar-refractivity contribution in [1.82, 2.24) is 0 Å². The first kappa shape index (κ1) is 32.5. The van der Waals surface area contributed by atoms with Gasteiger partial charge in [0, 0.05) is 43.7 Å². The number of para-hydroxylation sites is 3. The van der Waals surface area contributed by atoms with Gasteiger partial charge in [-0.2, -0.15) is 0 Å². The smallest absolute Gasteiger partial charge is 0.0620 e. The molecule has 2 nitrogen and oxygen atoms in total. The van der Waals surface area contributed by atoms with E-state index in [9.17, 15) is 0 Å². The molecular weight excluding hydrogens is 653 g/mol. The second-order valence-corrected chi connectivity index (χ2v) is 16.4. The molecule has 1 aliphatic carbocycles. The summed E-state index contributed by atoms with van der Waals surface area (Å²) < 4.78 is 0. The molecule has 0 radical (unpaired) electrons. The van der Waals surface area contributed by atoms with Crippen LogP contribution in [0.1, 0.15) is 61.1 Å². The zero-order valence-electron chi connectivity index (χ0n) is 31.9. The maximum Gasteiger partial charge on any atom is 0.0620 e. The summed E-state index contributed by atoms with van der Waals surface area (Å²) in [5.74, 6) is 0. The Morgan fingerprint density at radius 1 is 0.407 bits per heavy atom. The van der Waals surface area contributed by atoms with Gasteiger partial charge in [0.05, 0.1) is 22.7 Å². The van der Waals surface area contributed by atoms with Crippen LogP contribution in [0.5, 0.6) is 0 Å². The molecule has 0 spiro atoms. The molecule has 8 aromatic rings. The molecule has 8 aromatic carbocycles. The maximum absolute atomic E-state index is 2.62. The second kappa shape index (κ2) is 11.7. The predicted octanol–water partition coefficient (Wildman–Crippen LogP) is 14.5. The number of benzene rings is 8. The van der Waals surface area contributed by atoms with Crippen molar-refractivity contribution >= 4 is 55.7 Å². The molecule has 2 heteroatoms. The molecule has 0 bridgehead atoms. The fourth-order valence-corrected chi connectivity index (χ4v) is 9.59. The predicted molar refractivity (Wildman–Crippen MR) is 230 cm³/mol. The van der Waals surface area contributed by atoms with E-state index in [0.717, 1.165) is 11.4 Å². The second-order valence-electron chi connectivity index (χ2n) is 16.4. The monoisotopic (exact) mass is 696 g/mol. The van der Waals surface area contributed by atoms with Gasteiger partial charge in [0.2, 0.25) is 0 Å². The molecule has 2 aliphatic rings. The molecule has 0 amide bonds. The van der Waals surface area contributed by atoms with Crippen LogP contribution in [0.15, 0.2) is 158 Å². The number of aryl methyl sites for hydroxylation is 2. The molecule has 0 aromatic heterocycles. The summed E-state index contributed by atoms with van der Waals surface area (Å²) in [7, 11) is 0. The van der Waals surface area contributed by atoms with Crippen LogP contribution in [-0.4, -0.2) is 0 Å². The van der Waals surface area contributed by atoms with Gasteiger partial charge in [-0.1, -0.05) is 142 Å². The summed E-state index contributed by atoms with van der Waals surface area (Å²) in [5, 5.41) is 4.92. The van der Waals surface area contributed by atoms with Crippen LogP contribution < -0.4 is 9.80 Å².